The highest BCUT2D eigenvalue weighted by Crippen LogP contribution is 2.24. The molecule has 0 saturated carbocycles. The molecule has 0 amide bonds. The van der Waals surface area contributed by atoms with Crippen LogP contribution in [0.2, 0.25) is 0 Å². The van der Waals surface area contributed by atoms with Crippen LogP contribution in [0.1, 0.15) is 16.7 Å². The lowest BCUT2D eigenvalue weighted by Crippen LogP contribution is -2.12. The maximum Gasteiger partial charge on any atom is 0.144 e. The van der Waals surface area contributed by atoms with Crippen LogP contribution in [-0.2, 0) is 4.79 Å². The van der Waals surface area contributed by atoms with Crippen LogP contribution < -0.4 is 5.73 Å². The average molecular weight is 775 g/mol. The van der Waals surface area contributed by atoms with Gasteiger partial charge in [0.25, 0.3) is 0 Å². The fourth-order valence-corrected chi connectivity index (χ4v) is 4.79. The summed E-state index contributed by atoms with van der Waals surface area (Å²) in [6.07, 6.45) is 4.50. The number of carbonyl (C=O) groups is 1. The van der Waals surface area contributed by atoms with Crippen LogP contribution in [0.15, 0.2) is 114 Å². The van der Waals surface area contributed by atoms with E-state index in [1.165, 1.54) is 14.8 Å². The summed E-state index contributed by atoms with van der Waals surface area (Å²) >= 11 is 9.41. The summed E-state index contributed by atoms with van der Waals surface area (Å²) in [5.74, 6) is 1.64. The molecule has 204 valence electrons. The number of nitrogens with two attached hydrogens (primary N) is 1. The number of rotatable bonds is 5. The zero-order valence-corrected chi connectivity index (χ0v) is 27.2. The number of hydrogen-bond acceptors (Lipinski definition) is 3. The number of alkyl halides is 1. The van der Waals surface area contributed by atoms with Crippen molar-refractivity contribution in [2.75, 3.05) is 5.88 Å². The summed E-state index contributed by atoms with van der Waals surface area (Å²) in [4.78, 5) is 18.0. The molecule has 0 radical (unpaired) electrons. The molecule has 0 aliphatic heterocycles. The van der Waals surface area contributed by atoms with Gasteiger partial charge >= 0.3 is 0 Å². The third kappa shape index (κ3) is 9.28. The van der Waals surface area contributed by atoms with E-state index < -0.39 is 0 Å². The minimum atomic E-state index is 0.111. The van der Waals surface area contributed by atoms with Gasteiger partial charge in [-0.05, 0) is 107 Å². The summed E-state index contributed by atoms with van der Waals surface area (Å²) in [6.45, 7) is 4.15. The Balaban J connectivity index is 0.000000196. The van der Waals surface area contributed by atoms with E-state index in [0.717, 1.165) is 31.8 Å². The molecule has 0 saturated heterocycles. The van der Waals surface area contributed by atoms with Crippen LogP contribution in [0.5, 0.6) is 0 Å². The summed E-state index contributed by atoms with van der Waals surface area (Å²) in [6, 6.07) is 32.7. The molecule has 2 N–H and O–H groups in total. The molecular formula is C32H29ClI2N4O. The molecule has 40 heavy (non-hydrogen) atoms. The molecule has 1 heterocycles. The highest BCUT2D eigenvalue weighted by Gasteiger charge is 2.09. The molecule has 0 aliphatic rings. The number of aryl methyl sites for hydroxylation is 2. The van der Waals surface area contributed by atoms with Gasteiger partial charge in [-0.15, -0.1) is 11.6 Å². The highest BCUT2D eigenvalue weighted by molar-refractivity contribution is 14.1. The first-order valence-electron chi connectivity index (χ1n) is 12.3. The Morgan fingerprint density at radius 1 is 0.900 bits per heavy atom. The lowest BCUT2D eigenvalue weighted by molar-refractivity contribution is -0.105. The minimum Gasteiger partial charge on any atom is -0.383 e. The molecule has 8 heteroatoms. The van der Waals surface area contributed by atoms with Gasteiger partial charge in [0.1, 0.15) is 17.9 Å². The second kappa shape index (κ2) is 16.3. The van der Waals surface area contributed by atoms with Gasteiger partial charge in [0.15, 0.2) is 0 Å². The first-order valence-corrected chi connectivity index (χ1v) is 15.0. The van der Waals surface area contributed by atoms with Gasteiger partial charge < -0.3 is 10.5 Å². The standard InChI is InChI=1S/C16H13IN2.C14H13IN2.C2H3ClO/c1-12-5-2-3-8-15(12)19-10-9-18-16(19)13-6-4-7-14(17)11-13;1-10-5-2-3-8-13(10)17-14(16)11-6-4-7-12(15)9-11;3-1-2-4/h2-11H,1H3;2-9H,1H3,(H2,16,17);2H,1H2. The second-order valence-electron chi connectivity index (χ2n) is 8.53. The number of halogens is 3. The quantitative estimate of drug-likeness (QED) is 0.0640. The zero-order chi connectivity index (χ0) is 28.9. The first kappa shape index (κ1) is 31.5. The van der Waals surface area contributed by atoms with Crippen molar-refractivity contribution < 1.29 is 4.79 Å². The third-order valence-corrected chi connectivity index (χ3v) is 7.11. The minimum absolute atomic E-state index is 0.111. The molecular weight excluding hydrogens is 746 g/mol. The molecule has 0 atom stereocenters. The third-order valence-electron chi connectivity index (χ3n) is 5.64. The Morgan fingerprint density at radius 3 is 2.15 bits per heavy atom. The van der Waals surface area contributed by atoms with Gasteiger partial charge in [-0.3, -0.25) is 4.57 Å². The van der Waals surface area contributed by atoms with Crippen molar-refractivity contribution in [3.8, 4) is 17.1 Å². The molecule has 0 unspecified atom stereocenters. The molecule has 5 aromatic rings. The molecule has 5 nitrogen and oxygen atoms in total. The van der Waals surface area contributed by atoms with E-state index in [4.69, 9.17) is 22.1 Å². The van der Waals surface area contributed by atoms with Crippen molar-refractivity contribution in [3.63, 3.8) is 0 Å². The largest absolute Gasteiger partial charge is 0.383 e. The van der Waals surface area contributed by atoms with E-state index in [1.807, 2.05) is 67.8 Å². The number of aldehydes is 1. The number of aromatic nitrogens is 2. The Labute approximate surface area is 267 Å². The Hall–Kier alpha value is -3.02. The van der Waals surface area contributed by atoms with Crippen molar-refractivity contribution in [3.05, 3.63) is 133 Å². The Morgan fingerprint density at radius 2 is 1.52 bits per heavy atom. The van der Waals surface area contributed by atoms with Gasteiger partial charge in [0.2, 0.25) is 0 Å². The Kier molecular flexibility index (Phi) is 12.8. The summed E-state index contributed by atoms with van der Waals surface area (Å²) in [5.41, 5.74) is 12.6. The molecule has 0 fully saturated rings. The summed E-state index contributed by atoms with van der Waals surface area (Å²) < 4.78 is 4.51. The van der Waals surface area contributed by atoms with Crippen molar-refractivity contribution in [2.24, 2.45) is 10.7 Å². The fourth-order valence-electron chi connectivity index (χ4n) is 3.70. The number of benzene rings is 4. The van der Waals surface area contributed by atoms with Gasteiger partial charge in [-0.25, -0.2) is 9.98 Å². The lowest BCUT2D eigenvalue weighted by Gasteiger charge is -2.10. The SMILES string of the molecule is Cc1ccccc1-n1ccnc1-c1cccc(I)c1.Cc1ccccc1N=C(N)c1cccc(I)c1.O=CCCl. The van der Waals surface area contributed by atoms with Crippen LogP contribution in [0, 0.1) is 21.0 Å². The van der Waals surface area contributed by atoms with Crippen molar-refractivity contribution >= 4 is 74.6 Å². The normalized spacial score (nSPS) is 10.6. The van der Waals surface area contributed by atoms with E-state index in [1.54, 1.807) is 0 Å². The number of carbonyl (C=O) groups excluding carboxylic acids is 1. The highest BCUT2D eigenvalue weighted by atomic mass is 127. The summed E-state index contributed by atoms with van der Waals surface area (Å²) in [7, 11) is 0. The van der Waals surface area contributed by atoms with E-state index in [-0.39, 0.29) is 5.88 Å². The molecule has 0 bridgehead atoms. The number of amidine groups is 1. The van der Waals surface area contributed by atoms with Crippen molar-refractivity contribution in [2.45, 2.75) is 13.8 Å². The second-order valence-corrected chi connectivity index (χ2v) is 11.3. The fraction of sp³-hybridized carbons (Fsp3) is 0.0938. The molecule has 1 aromatic heterocycles. The van der Waals surface area contributed by atoms with E-state index in [9.17, 15) is 0 Å². The van der Waals surface area contributed by atoms with Crippen LogP contribution in [-0.4, -0.2) is 27.6 Å². The van der Waals surface area contributed by atoms with Crippen LogP contribution in [0.25, 0.3) is 17.1 Å². The lowest BCUT2D eigenvalue weighted by atomic mass is 10.1. The van der Waals surface area contributed by atoms with Crippen molar-refractivity contribution in [1.29, 1.82) is 0 Å². The predicted octanol–water partition coefficient (Wildman–Crippen LogP) is 8.51. The van der Waals surface area contributed by atoms with E-state index in [2.05, 4.69) is 115 Å². The van der Waals surface area contributed by atoms with Gasteiger partial charge in [-0.2, -0.15) is 0 Å². The molecule has 0 aliphatic carbocycles. The molecule has 4 aromatic carbocycles. The van der Waals surface area contributed by atoms with Crippen molar-refractivity contribution in [1.82, 2.24) is 9.55 Å². The van der Waals surface area contributed by atoms with Gasteiger partial charge in [0.05, 0.1) is 11.6 Å². The number of aliphatic imine (C=N–C) groups is 1. The number of para-hydroxylation sites is 2. The molecule has 5 rings (SSSR count). The molecule has 0 spiro atoms. The maximum atomic E-state index is 9.04. The number of imidazole rings is 1. The number of nitrogens with zero attached hydrogens (tertiary/aromatic N) is 3. The van der Waals surface area contributed by atoms with Gasteiger partial charge in [-0.1, -0.05) is 60.7 Å². The topological polar surface area (TPSA) is 73.3 Å². The van der Waals surface area contributed by atoms with Crippen LogP contribution >= 0.6 is 56.8 Å². The summed E-state index contributed by atoms with van der Waals surface area (Å²) in [5, 5.41) is 0. The monoisotopic (exact) mass is 774 g/mol. The van der Waals surface area contributed by atoms with E-state index >= 15 is 0 Å². The van der Waals surface area contributed by atoms with Crippen LogP contribution in [0.4, 0.5) is 5.69 Å². The zero-order valence-electron chi connectivity index (χ0n) is 22.1. The van der Waals surface area contributed by atoms with E-state index in [0.29, 0.717) is 12.1 Å². The smallest absolute Gasteiger partial charge is 0.144 e. The Bertz CT molecular complexity index is 1580. The van der Waals surface area contributed by atoms with Gasteiger partial charge in [0, 0.05) is 36.3 Å². The predicted molar refractivity (Wildman–Crippen MR) is 184 cm³/mol. The first-order chi connectivity index (χ1) is 19.3. The maximum absolute atomic E-state index is 9.04. The number of hydrogen-bond donors (Lipinski definition) is 1. The average Bonchev–Trinajstić information content (AvgIpc) is 3.45. The van der Waals surface area contributed by atoms with Crippen LogP contribution in [0.3, 0.4) is 0 Å².